The first-order valence-corrected chi connectivity index (χ1v) is 8.08. The van der Waals surface area contributed by atoms with Crippen molar-refractivity contribution in [2.45, 2.75) is 32.1 Å². The molecule has 0 unspecified atom stereocenters. The first-order chi connectivity index (χ1) is 11.6. The highest BCUT2D eigenvalue weighted by Gasteiger charge is 2.25. The average Bonchev–Trinajstić information content (AvgIpc) is 2.57. The van der Waals surface area contributed by atoms with Crippen LogP contribution in [-0.2, 0) is 14.4 Å². The van der Waals surface area contributed by atoms with E-state index < -0.39 is 5.97 Å². The van der Waals surface area contributed by atoms with Crippen molar-refractivity contribution in [2.75, 3.05) is 24.6 Å². The Kier molecular flexibility index (Phi) is 6.60. The third-order valence-electron chi connectivity index (χ3n) is 3.76. The van der Waals surface area contributed by atoms with E-state index in [1.807, 2.05) is 12.1 Å². The molecule has 7 heteroatoms. The molecule has 7 nitrogen and oxygen atoms in total. The molecule has 2 N–H and O–H groups in total. The second kappa shape index (κ2) is 8.90. The fraction of sp³-hybridized carbons (Fsp3) is 0.471. The van der Waals surface area contributed by atoms with Gasteiger partial charge in [0, 0.05) is 25.9 Å². The van der Waals surface area contributed by atoms with E-state index in [-0.39, 0.29) is 31.3 Å². The van der Waals surface area contributed by atoms with E-state index in [0.717, 1.165) is 12.8 Å². The Bertz CT molecular complexity index is 602. The van der Waals surface area contributed by atoms with Gasteiger partial charge in [0.2, 0.25) is 5.91 Å². The van der Waals surface area contributed by atoms with Crippen LogP contribution >= 0.6 is 0 Å². The van der Waals surface area contributed by atoms with Crippen LogP contribution in [0, 0.1) is 0 Å². The van der Waals surface area contributed by atoms with Crippen LogP contribution in [0.5, 0.6) is 5.75 Å². The van der Waals surface area contributed by atoms with Gasteiger partial charge in [-0.1, -0.05) is 18.6 Å². The van der Waals surface area contributed by atoms with Gasteiger partial charge < -0.3 is 20.1 Å². The molecular formula is C17H22N2O5. The summed E-state index contributed by atoms with van der Waals surface area (Å²) < 4.78 is 5.36. The average molecular weight is 334 g/mol. The second-order valence-electron chi connectivity index (χ2n) is 5.61. The van der Waals surface area contributed by atoms with Gasteiger partial charge in [-0.3, -0.25) is 14.4 Å². The summed E-state index contributed by atoms with van der Waals surface area (Å²) in [6.07, 6.45) is 2.51. The maximum Gasteiger partial charge on any atom is 0.303 e. The molecular weight excluding hydrogens is 312 g/mol. The van der Waals surface area contributed by atoms with Crippen LogP contribution in [0.3, 0.4) is 0 Å². The van der Waals surface area contributed by atoms with E-state index >= 15 is 0 Å². The number of ether oxygens (including phenoxy) is 1. The molecule has 1 aliphatic heterocycles. The summed E-state index contributed by atoms with van der Waals surface area (Å²) in [5.41, 5.74) is 0.690. The van der Waals surface area contributed by atoms with Crippen LogP contribution in [-0.4, -0.2) is 42.6 Å². The van der Waals surface area contributed by atoms with Crippen molar-refractivity contribution < 1.29 is 24.2 Å². The van der Waals surface area contributed by atoms with E-state index in [0.29, 0.717) is 30.9 Å². The molecule has 0 radical (unpaired) electrons. The SMILES string of the molecule is O=C(O)CCCCCNC(=O)CCN1C(=O)COc2ccccc21. The Labute approximate surface area is 140 Å². The fourth-order valence-electron chi connectivity index (χ4n) is 2.51. The van der Waals surface area contributed by atoms with E-state index in [9.17, 15) is 14.4 Å². The van der Waals surface area contributed by atoms with Crippen LogP contribution in [0.25, 0.3) is 0 Å². The number of nitrogens with zero attached hydrogens (tertiary/aromatic N) is 1. The van der Waals surface area contributed by atoms with Crippen molar-refractivity contribution in [3.8, 4) is 5.75 Å². The third kappa shape index (κ3) is 5.26. The Balaban J connectivity index is 1.70. The van der Waals surface area contributed by atoms with Gasteiger partial charge in [0.25, 0.3) is 5.91 Å². The lowest BCUT2D eigenvalue weighted by Crippen LogP contribution is -2.41. The first-order valence-electron chi connectivity index (χ1n) is 8.08. The largest absolute Gasteiger partial charge is 0.482 e. The summed E-state index contributed by atoms with van der Waals surface area (Å²) in [7, 11) is 0. The molecule has 1 aromatic rings. The molecule has 130 valence electrons. The van der Waals surface area contributed by atoms with Crippen LogP contribution in [0.4, 0.5) is 5.69 Å². The summed E-state index contributed by atoms with van der Waals surface area (Å²) in [4.78, 5) is 35.8. The number of carbonyl (C=O) groups excluding carboxylic acids is 2. The number of hydrogen-bond acceptors (Lipinski definition) is 4. The number of rotatable bonds is 9. The number of hydrogen-bond donors (Lipinski definition) is 2. The van der Waals surface area contributed by atoms with E-state index in [1.54, 1.807) is 17.0 Å². The minimum Gasteiger partial charge on any atom is -0.482 e. The third-order valence-corrected chi connectivity index (χ3v) is 3.76. The van der Waals surface area contributed by atoms with Crippen LogP contribution < -0.4 is 15.0 Å². The van der Waals surface area contributed by atoms with E-state index in [1.165, 1.54) is 0 Å². The number of benzene rings is 1. The van der Waals surface area contributed by atoms with Crippen molar-refractivity contribution in [2.24, 2.45) is 0 Å². The Morgan fingerprint density at radius 2 is 1.96 bits per heavy atom. The monoisotopic (exact) mass is 334 g/mol. The number of carbonyl (C=O) groups is 3. The van der Waals surface area contributed by atoms with Crippen LogP contribution in [0.1, 0.15) is 32.1 Å². The molecule has 0 aliphatic carbocycles. The lowest BCUT2D eigenvalue weighted by atomic mass is 10.2. The summed E-state index contributed by atoms with van der Waals surface area (Å²) in [6.45, 7) is 0.818. The predicted octanol–water partition coefficient (Wildman–Crippen LogP) is 1.56. The number of nitrogens with one attached hydrogen (secondary N) is 1. The maximum absolute atomic E-state index is 12.0. The molecule has 1 aromatic carbocycles. The number of para-hydroxylation sites is 2. The molecule has 0 atom stereocenters. The minimum absolute atomic E-state index is 0.0117. The lowest BCUT2D eigenvalue weighted by molar-refractivity contribution is -0.137. The predicted molar refractivity (Wildman–Crippen MR) is 88.0 cm³/mol. The molecule has 0 spiro atoms. The lowest BCUT2D eigenvalue weighted by Gasteiger charge is -2.29. The Hall–Kier alpha value is -2.57. The van der Waals surface area contributed by atoms with E-state index in [4.69, 9.17) is 9.84 Å². The number of unbranched alkanes of at least 4 members (excludes halogenated alkanes) is 2. The van der Waals surface area contributed by atoms with Crippen molar-refractivity contribution in [3.05, 3.63) is 24.3 Å². The quantitative estimate of drug-likeness (QED) is 0.668. The standard InChI is InChI=1S/C17H22N2O5/c20-15(18-10-5-1-2-8-17(22)23)9-11-19-13-6-3-4-7-14(13)24-12-16(19)21/h3-4,6-7H,1-2,5,8-12H2,(H,18,20)(H,22,23). The number of carboxylic acids is 1. The normalized spacial score (nSPS) is 13.2. The van der Waals surface area contributed by atoms with Gasteiger partial charge in [-0.25, -0.2) is 0 Å². The summed E-state index contributed by atoms with van der Waals surface area (Å²) in [6, 6.07) is 7.26. The fourth-order valence-corrected chi connectivity index (χ4v) is 2.51. The molecule has 0 saturated carbocycles. The molecule has 1 aliphatic rings. The zero-order valence-electron chi connectivity index (χ0n) is 13.5. The van der Waals surface area contributed by atoms with Crippen molar-refractivity contribution in [1.29, 1.82) is 0 Å². The number of aliphatic carboxylic acids is 1. The molecule has 24 heavy (non-hydrogen) atoms. The Morgan fingerprint density at radius 1 is 1.17 bits per heavy atom. The van der Waals surface area contributed by atoms with Gasteiger partial charge in [0.1, 0.15) is 5.75 Å². The van der Waals surface area contributed by atoms with Gasteiger partial charge in [-0.15, -0.1) is 0 Å². The van der Waals surface area contributed by atoms with Gasteiger partial charge in [0.05, 0.1) is 5.69 Å². The van der Waals surface area contributed by atoms with E-state index in [2.05, 4.69) is 5.32 Å². The number of anilines is 1. The molecule has 0 aromatic heterocycles. The molecule has 0 bridgehead atoms. The highest BCUT2D eigenvalue weighted by Crippen LogP contribution is 2.31. The van der Waals surface area contributed by atoms with Gasteiger partial charge >= 0.3 is 5.97 Å². The highest BCUT2D eigenvalue weighted by atomic mass is 16.5. The maximum atomic E-state index is 12.0. The first kappa shape index (κ1) is 17.8. The highest BCUT2D eigenvalue weighted by molar-refractivity contribution is 5.98. The van der Waals surface area contributed by atoms with Crippen LogP contribution in [0.15, 0.2) is 24.3 Å². The van der Waals surface area contributed by atoms with Gasteiger partial charge in [0.15, 0.2) is 6.61 Å². The molecule has 0 fully saturated rings. The number of amides is 2. The van der Waals surface area contributed by atoms with Crippen molar-refractivity contribution >= 4 is 23.5 Å². The smallest absolute Gasteiger partial charge is 0.303 e. The zero-order valence-corrected chi connectivity index (χ0v) is 13.5. The van der Waals surface area contributed by atoms with Crippen molar-refractivity contribution in [3.63, 3.8) is 0 Å². The number of fused-ring (bicyclic) bond motifs is 1. The molecule has 2 amide bonds. The minimum atomic E-state index is -0.797. The Morgan fingerprint density at radius 3 is 2.75 bits per heavy atom. The second-order valence-corrected chi connectivity index (χ2v) is 5.61. The summed E-state index contributed by atoms with van der Waals surface area (Å²) in [5.74, 6) is -0.425. The summed E-state index contributed by atoms with van der Waals surface area (Å²) >= 11 is 0. The van der Waals surface area contributed by atoms with Crippen LogP contribution in [0.2, 0.25) is 0 Å². The van der Waals surface area contributed by atoms with Crippen molar-refractivity contribution in [1.82, 2.24) is 5.32 Å². The molecule has 1 heterocycles. The summed E-state index contributed by atoms with van der Waals surface area (Å²) in [5, 5.41) is 11.3. The van der Waals surface area contributed by atoms with Gasteiger partial charge in [-0.05, 0) is 25.0 Å². The van der Waals surface area contributed by atoms with Gasteiger partial charge in [-0.2, -0.15) is 0 Å². The topological polar surface area (TPSA) is 95.9 Å². The number of carboxylic acid groups (broad SMARTS) is 1. The molecule has 0 saturated heterocycles. The molecule has 2 rings (SSSR count). The zero-order chi connectivity index (χ0) is 17.4.